The van der Waals surface area contributed by atoms with E-state index in [9.17, 15) is 4.79 Å². The molecule has 0 aliphatic carbocycles. The van der Waals surface area contributed by atoms with Crippen molar-refractivity contribution in [2.45, 2.75) is 19.4 Å². The molecule has 0 aromatic carbocycles. The molecule has 1 amide bonds. The van der Waals surface area contributed by atoms with E-state index in [1.54, 1.807) is 0 Å². The van der Waals surface area contributed by atoms with Crippen molar-refractivity contribution < 1.29 is 14.3 Å². The SMILES string of the molecule is CCc1[nH]nc(C(=O)NCC2COCCO2)c1N. The molecule has 0 radical (unpaired) electrons. The fraction of sp³-hybridized carbons (Fsp3) is 0.636. The number of H-pyrrole nitrogens is 1. The smallest absolute Gasteiger partial charge is 0.274 e. The zero-order valence-electron chi connectivity index (χ0n) is 10.4. The van der Waals surface area contributed by atoms with Crippen LogP contribution in [0.3, 0.4) is 0 Å². The summed E-state index contributed by atoms with van der Waals surface area (Å²) in [6, 6.07) is 0. The van der Waals surface area contributed by atoms with Crippen LogP contribution in [0.1, 0.15) is 23.1 Å². The Hall–Kier alpha value is -1.60. The summed E-state index contributed by atoms with van der Waals surface area (Å²) in [7, 11) is 0. The zero-order chi connectivity index (χ0) is 13.0. The van der Waals surface area contributed by atoms with Crippen molar-refractivity contribution in [1.82, 2.24) is 15.5 Å². The summed E-state index contributed by atoms with van der Waals surface area (Å²) < 4.78 is 10.7. The van der Waals surface area contributed by atoms with Crippen LogP contribution in [0, 0.1) is 0 Å². The Balaban J connectivity index is 1.88. The van der Waals surface area contributed by atoms with Gasteiger partial charge >= 0.3 is 0 Å². The van der Waals surface area contributed by atoms with Gasteiger partial charge in [0.25, 0.3) is 5.91 Å². The van der Waals surface area contributed by atoms with Crippen LogP contribution in [0.15, 0.2) is 0 Å². The van der Waals surface area contributed by atoms with Crippen LogP contribution >= 0.6 is 0 Å². The number of hydrogen-bond acceptors (Lipinski definition) is 5. The summed E-state index contributed by atoms with van der Waals surface area (Å²) in [5.41, 5.74) is 7.24. The summed E-state index contributed by atoms with van der Waals surface area (Å²) in [6.45, 7) is 4.00. The quantitative estimate of drug-likeness (QED) is 0.684. The van der Waals surface area contributed by atoms with Crippen molar-refractivity contribution in [2.24, 2.45) is 0 Å². The molecule has 100 valence electrons. The van der Waals surface area contributed by atoms with E-state index in [0.717, 1.165) is 5.69 Å². The number of aryl methyl sites for hydroxylation is 1. The minimum absolute atomic E-state index is 0.103. The van der Waals surface area contributed by atoms with E-state index in [0.29, 0.717) is 38.5 Å². The number of carbonyl (C=O) groups excluding carboxylic acids is 1. The van der Waals surface area contributed by atoms with Crippen LogP contribution in [-0.2, 0) is 15.9 Å². The Labute approximate surface area is 105 Å². The second-order valence-corrected chi connectivity index (χ2v) is 4.10. The Morgan fingerprint density at radius 1 is 1.61 bits per heavy atom. The van der Waals surface area contributed by atoms with E-state index in [1.807, 2.05) is 6.92 Å². The van der Waals surface area contributed by atoms with Gasteiger partial charge in [-0.1, -0.05) is 6.92 Å². The second-order valence-electron chi connectivity index (χ2n) is 4.10. The van der Waals surface area contributed by atoms with Gasteiger partial charge in [-0.05, 0) is 6.42 Å². The van der Waals surface area contributed by atoms with E-state index in [1.165, 1.54) is 0 Å². The maximum atomic E-state index is 11.9. The summed E-state index contributed by atoms with van der Waals surface area (Å²) in [5, 5.41) is 9.41. The van der Waals surface area contributed by atoms with Gasteiger partial charge in [0, 0.05) is 6.54 Å². The lowest BCUT2D eigenvalue weighted by Crippen LogP contribution is -2.40. The van der Waals surface area contributed by atoms with Gasteiger partial charge in [0.05, 0.1) is 37.3 Å². The topological polar surface area (TPSA) is 102 Å². The molecule has 1 unspecified atom stereocenters. The molecule has 0 spiro atoms. The summed E-state index contributed by atoms with van der Waals surface area (Å²) in [5.74, 6) is -0.294. The standard InChI is InChI=1S/C11H18N4O3/c1-2-8-9(12)10(15-14-8)11(16)13-5-7-6-17-3-4-18-7/h7H,2-6,12H2,1H3,(H,13,16)(H,14,15). The number of ether oxygens (including phenoxy) is 2. The van der Waals surface area contributed by atoms with Crippen molar-refractivity contribution in [1.29, 1.82) is 0 Å². The molecule has 7 heteroatoms. The van der Waals surface area contributed by atoms with Gasteiger partial charge in [-0.2, -0.15) is 5.10 Å². The van der Waals surface area contributed by atoms with E-state index < -0.39 is 0 Å². The van der Waals surface area contributed by atoms with Crippen molar-refractivity contribution in [3.05, 3.63) is 11.4 Å². The van der Waals surface area contributed by atoms with Gasteiger partial charge in [-0.25, -0.2) is 0 Å². The van der Waals surface area contributed by atoms with E-state index in [-0.39, 0.29) is 17.7 Å². The highest BCUT2D eigenvalue weighted by Gasteiger charge is 2.19. The number of amides is 1. The number of carbonyl (C=O) groups is 1. The molecule has 1 aliphatic rings. The minimum Gasteiger partial charge on any atom is -0.395 e. The number of nitrogens with zero attached hydrogens (tertiary/aromatic N) is 1. The van der Waals surface area contributed by atoms with Crippen LogP contribution in [0.2, 0.25) is 0 Å². The van der Waals surface area contributed by atoms with Crippen LogP contribution in [0.25, 0.3) is 0 Å². The first kappa shape index (κ1) is 12.8. The maximum Gasteiger partial charge on any atom is 0.274 e. The molecule has 0 bridgehead atoms. The van der Waals surface area contributed by atoms with Crippen molar-refractivity contribution >= 4 is 11.6 Å². The lowest BCUT2D eigenvalue weighted by atomic mass is 10.2. The van der Waals surface area contributed by atoms with Crippen molar-refractivity contribution in [2.75, 3.05) is 32.1 Å². The Kier molecular flexibility index (Phi) is 4.16. The molecule has 2 rings (SSSR count). The van der Waals surface area contributed by atoms with Crippen LogP contribution in [0.5, 0.6) is 0 Å². The largest absolute Gasteiger partial charge is 0.395 e. The Bertz CT molecular complexity index is 412. The molecular formula is C11H18N4O3. The third-order valence-corrected chi connectivity index (χ3v) is 2.83. The second kappa shape index (κ2) is 5.83. The predicted octanol–water partition coefficient (Wildman–Crippen LogP) is -0.300. The molecule has 18 heavy (non-hydrogen) atoms. The number of anilines is 1. The van der Waals surface area contributed by atoms with E-state index in [2.05, 4.69) is 15.5 Å². The molecular weight excluding hydrogens is 236 g/mol. The number of aromatic nitrogens is 2. The summed E-state index contributed by atoms with van der Waals surface area (Å²) >= 11 is 0. The summed E-state index contributed by atoms with van der Waals surface area (Å²) in [6.07, 6.45) is 0.611. The number of nitrogen functional groups attached to an aromatic ring is 1. The van der Waals surface area contributed by atoms with Gasteiger partial charge in [-0.3, -0.25) is 9.89 Å². The molecule has 1 atom stereocenters. The van der Waals surface area contributed by atoms with Gasteiger partial charge in [0.2, 0.25) is 0 Å². The molecule has 4 N–H and O–H groups in total. The fourth-order valence-corrected chi connectivity index (χ4v) is 1.77. The van der Waals surface area contributed by atoms with Crippen LogP contribution in [-0.4, -0.2) is 48.6 Å². The zero-order valence-corrected chi connectivity index (χ0v) is 10.4. The van der Waals surface area contributed by atoms with Gasteiger partial charge in [-0.15, -0.1) is 0 Å². The van der Waals surface area contributed by atoms with Gasteiger partial charge in [0.1, 0.15) is 0 Å². The Morgan fingerprint density at radius 2 is 2.44 bits per heavy atom. The van der Waals surface area contributed by atoms with E-state index in [4.69, 9.17) is 15.2 Å². The number of nitrogens with two attached hydrogens (primary N) is 1. The normalized spacial score (nSPS) is 19.7. The molecule has 1 aromatic heterocycles. The highest BCUT2D eigenvalue weighted by Crippen LogP contribution is 2.14. The maximum absolute atomic E-state index is 11.9. The molecule has 2 heterocycles. The molecule has 1 aromatic rings. The van der Waals surface area contributed by atoms with Gasteiger partial charge < -0.3 is 20.5 Å². The molecule has 0 saturated carbocycles. The Morgan fingerprint density at radius 3 is 3.06 bits per heavy atom. The summed E-state index contributed by atoms with van der Waals surface area (Å²) in [4.78, 5) is 11.9. The number of nitrogens with one attached hydrogen (secondary N) is 2. The third kappa shape index (κ3) is 2.80. The third-order valence-electron chi connectivity index (χ3n) is 2.83. The monoisotopic (exact) mass is 254 g/mol. The van der Waals surface area contributed by atoms with Crippen LogP contribution in [0.4, 0.5) is 5.69 Å². The lowest BCUT2D eigenvalue weighted by Gasteiger charge is -2.22. The average Bonchev–Trinajstić information content (AvgIpc) is 2.78. The number of rotatable bonds is 4. The first-order valence-electron chi connectivity index (χ1n) is 6.02. The van der Waals surface area contributed by atoms with E-state index >= 15 is 0 Å². The lowest BCUT2D eigenvalue weighted by molar-refractivity contribution is -0.0855. The molecule has 1 fully saturated rings. The predicted molar refractivity (Wildman–Crippen MR) is 65.3 cm³/mol. The van der Waals surface area contributed by atoms with Gasteiger partial charge in [0.15, 0.2) is 5.69 Å². The average molecular weight is 254 g/mol. The number of aromatic amines is 1. The van der Waals surface area contributed by atoms with Crippen molar-refractivity contribution in [3.63, 3.8) is 0 Å². The highest BCUT2D eigenvalue weighted by molar-refractivity contribution is 5.97. The molecule has 1 saturated heterocycles. The molecule has 1 aliphatic heterocycles. The number of hydrogen-bond donors (Lipinski definition) is 3. The first-order chi connectivity index (χ1) is 8.72. The van der Waals surface area contributed by atoms with Crippen molar-refractivity contribution in [3.8, 4) is 0 Å². The molecule has 7 nitrogen and oxygen atoms in total. The minimum atomic E-state index is -0.294. The first-order valence-corrected chi connectivity index (χ1v) is 6.02. The van der Waals surface area contributed by atoms with Crippen LogP contribution < -0.4 is 11.1 Å². The fourth-order valence-electron chi connectivity index (χ4n) is 1.77. The highest BCUT2D eigenvalue weighted by atomic mass is 16.6.